The van der Waals surface area contributed by atoms with E-state index in [9.17, 15) is 0 Å². The number of hydrogen-bond donors (Lipinski definition) is 0. The Kier molecular flexibility index (Phi) is 3.01. The number of hydrogen-bond acceptors (Lipinski definition) is 1. The lowest BCUT2D eigenvalue weighted by Gasteiger charge is -1.92. The van der Waals surface area contributed by atoms with Gasteiger partial charge in [-0.15, -0.1) is 11.8 Å². The quantitative estimate of drug-likeness (QED) is 0.592. The average Bonchev–Trinajstić information content (AvgIpc) is 1.91. The number of benzene rings is 1. The molecule has 0 saturated carbocycles. The van der Waals surface area contributed by atoms with Gasteiger partial charge in [-0.3, -0.25) is 0 Å². The van der Waals surface area contributed by atoms with Crippen LogP contribution in [0.15, 0.2) is 35.2 Å². The SMILES string of the molecule is [S]CSc1ccccc1. The second kappa shape index (κ2) is 3.85. The van der Waals surface area contributed by atoms with Gasteiger partial charge in [0.1, 0.15) is 0 Å². The van der Waals surface area contributed by atoms with Crippen LogP contribution in [0.1, 0.15) is 0 Å². The molecule has 0 aliphatic heterocycles. The van der Waals surface area contributed by atoms with Gasteiger partial charge in [-0.2, -0.15) is 0 Å². The summed E-state index contributed by atoms with van der Waals surface area (Å²) in [6.45, 7) is 0. The molecular formula is C7H7S2. The minimum atomic E-state index is 0.740. The van der Waals surface area contributed by atoms with Gasteiger partial charge in [0.05, 0.1) is 5.08 Å². The van der Waals surface area contributed by atoms with E-state index in [2.05, 4.69) is 12.1 Å². The summed E-state index contributed by atoms with van der Waals surface area (Å²) in [5.74, 6) is 0. The second-order valence-electron chi connectivity index (χ2n) is 1.58. The fourth-order valence-corrected chi connectivity index (χ4v) is 1.48. The highest BCUT2D eigenvalue weighted by Crippen LogP contribution is 2.16. The van der Waals surface area contributed by atoms with Gasteiger partial charge in [-0.1, -0.05) is 30.8 Å². The van der Waals surface area contributed by atoms with Gasteiger partial charge in [-0.05, 0) is 12.1 Å². The predicted molar refractivity (Wildman–Crippen MR) is 44.8 cm³/mol. The van der Waals surface area contributed by atoms with Crippen LogP contribution >= 0.6 is 24.4 Å². The van der Waals surface area contributed by atoms with Crippen molar-refractivity contribution in [1.82, 2.24) is 0 Å². The molecule has 0 saturated heterocycles. The molecule has 0 spiro atoms. The molecule has 2 heteroatoms. The molecule has 1 rings (SSSR count). The normalized spacial score (nSPS) is 9.44. The molecule has 47 valence electrons. The third-order valence-corrected chi connectivity index (χ3v) is 2.05. The molecule has 9 heavy (non-hydrogen) atoms. The molecule has 0 nitrogen and oxygen atoms in total. The van der Waals surface area contributed by atoms with E-state index in [4.69, 9.17) is 12.6 Å². The topological polar surface area (TPSA) is 0 Å². The average molecular weight is 155 g/mol. The first kappa shape index (κ1) is 7.03. The third kappa shape index (κ3) is 2.33. The highest BCUT2D eigenvalue weighted by molar-refractivity contribution is 8.09. The highest BCUT2D eigenvalue weighted by atomic mass is 32.2. The Morgan fingerprint density at radius 1 is 1.22 bits per heavy atom. The summed E-state index contributed by atoms with van der Waals surface area (Å²) in [4.78, 5) is 1.26. The van der Waals surface area contributed by atoms with Crippen LogP contribution in [0, 0.1) is 0 Å². The lowest BCUT2D eigenvalue weighted by Crippen LogP contribution is -1.66. The van der Waals surface area contributed by atoms with Crippen LogP contribution in [-0.2, 0) is 0 Å². The molecule has 0 bridgehead atoms. The highest BCUT2D eigenvalue weighted by Gasteiger charge is 1.85. The minimum absolute atomic E-state index is 0.740. The van der Waals surface area contributed by atoms with Gasteiger partial charge >= 0.3 is 0 Å². The number of thioether (sulfide) groups is 1. The van der Waals surface area contributed by atoms with E-state index in [0.29, 0.717) is 0 Å². The summed E-state index contributed by atoms with van der Waals surface area (Å²) in [6, 6.07) is 10.2. The molecular weight excluding hydrogens is 148 g/mol. The van der Waals surface area contributed by atoms with Crippen LogP contribution in [-0.4, -0.2) is 5.08 Å². The lowest BCUT2D eigenvalue weighted by atomic mass is 10.4. The van der Waals surface area contributed by atoms with Gasteiger partial charge in [-0.25, -0.2) is 0 Å². The van der Waals surface area contributed by atoms with Crippen molar-refractivity contribution in [2.24, 2.45) is 0 Å². The maximum atomic E-state index is 4.80. The maximum Gasteiger partial charge on any atom is 0.0543 e. The van der Waals surface area contributed by atoms with Crippen LogP contribution in [0.25, 0.3) is 0 Å². The number of rotatable bonds is 2. The molecule has 0 atom stereocenters. The Balaban J connectivity index is 2.61. The van der Waals surface area contributed by atoms with Crippen molar-refractivity contribution >= 4 is 24.4 Å². The standard InChI is InChI=1S/C7H7S2/c8-6-9-7-4-2-1-3-5-7/h1-5H,6H2. The van der Waals surface area contributed by atoms with Crippen molar-refractivity contribution < 1.29 is 0 Å². The summed E-state index contributed by atoms with van der Waals surface area (Å²) < 4.78 is 0. The van der Waals surface area contributed by atoms with Crippen molar-refractivity contribution in [3.8, 4) is 0 Å². The van der Waals surface area contributed by atoms with Crippen LogP contribution in [0.3, 0.4) is 0 Å². The van der Waals surface area contributed by atoms with Gasteiger partial charge in [0.25, 0.3) is 0 Å². The Labute approximate surface area is 65.1 Å². The summed E-state index contributed by atoms with van der Waals surface area (Å²) in [6.07, 6.45) is 0. The van der Waals surface area contributed by atoms with Gasteiger partial charge in [0.2, 0.25) is 0 Å². The van der Waals surface area contributed by atoms with Crippen molar-refractivity contribution in [2.45, 2.75) is 4.90 Å². The molecule has 0 N–H and O–H groups in total. The summed E-state index contributed by atoms with van der Waals surface area (Å²) in [5.41, 5.74) is 0. The molecule has 1 aromatic rings. The summed E-state index contributed by atoms with van der Waals surface area (Å²) in [5, 5.41) is 0.740. The predicted octanol–water partition coefficient (Wildman–Crippen LogP) is 2.93. The van der Waals surface area contributed by atoms with E-state index < -0.39 is 0 Å². The smallest absolute Gasteiger partial charge is 0.0543 e. The zero-order valence-corrected chi connectivity index (χ0v) is 6.54. The molecule has 0 aromatic heterocycles. The molecule has 0 heterocycles. The first-order valence-electron chi connectivity index (χ1n) is 2.69. The fraction of sp³-hybridized carbons (Fsp3) is 0.143. The maximum absolute atomic E-state index is 4.80. The van der Waals surface area contributed by atoms with Gasteiger partial charge < -0.3 is 0 Å². The first-order valence-corrected chi connectivity index (χ1v) is 4.26. The Morgan fingerprint density at radius 3 is 2.44 bits per heavy atom. The van der Waals surface area contributed by atoms with Crippen molar-refractivity contribution in [3.63, 3.8) is 0 Å². The van der Waals surface area contributed by atoms with E-state index in [1.807, 2.05) is 18.2 Å². The van der Waals surface area contributed by atoms with E-state index in [-0.39, 0.29) is 0 Å². The van der Waals surface area contributed by atoms with Crippen LogP contribution in [0.2, 0.25) is 0 Å². The minimum Gasteiger partial charge on any atom is -0.114 e. The molecule has 0 aliphatic rings. The van der Waals surface area contributed by atoms with E-state index in [0.717, 1.165) is 5.08 Å². The van der Waals surface area contributed by atoms with Crippen molar-refractivity contribution in [3.05, 3.63) is 30.3 Å². The molecule has 0 unspecified atom stereocenters. The Morgan fingerprint density at radius 2 is 1.89 bits per heavy atom. The van der Waals surface area contributed by atoms with E-state index in [1.54, 1.807) is 11.8 Å². The van der Waals surface area contributed by atoms with Crippen molar-refractivity contribution in [1.29, 1.82) is 0 Å². The van der Waals surface area contributed by atoms with Crippen LogP contribution < -0.4 is 0 Å². The fourth-order valence-electron chi connectivity index (χ4n) is 0.585. The Bertz CT molecular complexity index is 160. The zero-order valence-electron chi connectivity index (χ0n) is 4.91. The lowest BCUT2D eigenvalue weighted by molar-refractivity contribution is 1.47. The van der Waals surface area contributed by atoms with Gasteiger partial charge in [0, 0.05) is 4.90 Å². The Hall–Kier alpha value is -0.0800. The molecule has 1 aromatic carbocycles. The second-order valence-corrected chi connectivity index (χ2v) is 3.28. The summed E-state index contributed by atoms with van der Waals surface area (Å²) >= 11 is 6.49. The molecule has 1 radical (unpaired) electrons. The van der Waals surface area contributed by atoms with Crippen molar-refractivity contribution in [2.75, 3.05) is 5.08 Å². The monoisotopic (exact) mass is 155 g/mol. The molecule has 0 aliphatic carbocycles. The van der Waals surface area contributed by atoms with Gasteiger partial charge in [0.15, 0.2) is 0 Å². The first-order chi connectivity index (χ1) is 4.43. The van der Waals surface area contributed by atoms with Crippen LogP contribution in [0.5, 0.6) is 0 Å². The van der Waals surface area contributed by atoms with E-state index >= 15 is 0 Å². The molecule has 0 amide bonds. The largest absolute Gasteiger partial charge is 0.114 e. The van der Waals surface area contributed by atoms with E-state index in [1.165, 1.54) is 4.90 Å². The zero-order chi connectivity index (χ0) is 6.53. The molecule has 0 fully saturated rings. The van der Waals surface area contributed by atoms with Crippen LogP contribution in [0.4, 0.5) is 0 Å². The summed E-state index contributed by atoms with van der Waals surface area (Å²) in [7, 11) is 0. The third-order valence-electron chi connectivity index (χ3n) is 0.969.